The molecule has 5 nitrogen and oxygen atoms in total. The molecule has 0 bridgehead atoms. The Labute approximate surface area is 103 Å². The molecule has 0 spiro atoms. The normalized spacial score (nSPS) is 16.0. The number of aliphatic carboxylic acids is 1. The van der Waals surface area contributed by atoms with Gasteiger partial charge in [-0.2, -0.15) is 0 Å². The van der Waals surface area contributed by atoms with Crippen molar-refractivity contribution in [2.75, 3.05) is 0 Å². The van der Waals surface area contributed by atoms with E-state index in [0.717, 1.165) is 19.3 Å². The van der Waals surface area contributed by atoms with Crippen LogP contribution in [0.15, 0.2) is 0 Å². The molecule has 0 rings (SSSR count). The van der Waals surface area contributed by atoms with E-state index < -0.39 is 12.0 Å². The first-order valence-corrected chi connectivity index (χ1v) is 6.17. The zero-order valence-electron chi connectivity index (χ0n) is 10.9. The van der Waals surface area contributed by atoms with Crippen LogP contribution in [0.5, 0.6) is 0 Å². The van der Waals surface area contributed by atoms with Crippen molar-refractivity contribution in [1.82, 2.24) is 5.32 Å². The van der Waals surface area contributed by atoms with Crippen molar-refractivity contribution in [3.63, 3.8) is 0 Å². The SMILES string of the molecule is CCC(NC(=O)C(C)CCCC(C)N)C(=O)O. The number of nitrogens with one attached hydrogen (secondary N) is 1. The third kappa shape index (κ3) is 6.94. The van der Waals surface area contributed by atoms with Gasteiger partial charge in [0, 0.05) is 12.0 Å². The quantitative estimate of drug-likeness (QED) is 0.596. The molecule has 17 heavy (non-hydrogen) atoms. The second kappa shape index (κ2) is 8.06. The summed E-state index contributed by atoms with van der Waals surface area (Å²) in [5.41, 5.74) is 5.62. The van der Waals surface area contributed by atoms with Gasteiger partial charge in [0.1, 0.15) is 6.04 Å². The second-order valence-electron chi connectivity index (χ2n) is 4.62. The lowest BCUT2D eigenvalue weighted by Crippen LogP contribution is -2.42. The summed E-state index contributed by atoms with van der Waals surface area (Å²) < 4.78 is 0. The highest BCUT2D eigenvalue weighted by molar-refractivity contribution is 5.84. The maximum absolute atomic E-state index is 11.7. The van der Waals surface area contributed by atoms with Crippen molar-refractivity contribution in [3.8, 4) is 0 Å². The minimum absolute atomic E-state index is 0.146. The maximum Gasteiger partial charge on any atom is 0.326 e. The Balaban J connectivity index is 4.00. The van der Waals surface area contributed by atoms with Gasteiger partial charge in [0.15, 0.2) is 0 Å². The molecule has 0 aliphatic carbocycles. The summed E-state index contributed by atoms with van der Waals surface area (Å²) in [6, 6.07) is -0.633. The standard InChI is InChI=1S/C12H24N2O3/c1-4-10(12(16)17)14-11(15)8(2)6-5-7-9(3)13/h8-10H,4-7,13H2,1-3H3,(H,14,15)(H,16,17). The van der Waals surface area contributed by atoms with E-state index in [1.807, 2.05) is 13.8 Å². The summed E-state index contributed by atoms with van der Waals surface area (Å²) in [6.07, 6.45) is 2.90. The van der Waals surface area contributed by atoms with Gasteiger partial charge in [-0.05, 0) is 26.2 Å². The molecule has 100 valence electrons. The predicted octanol–water partition coefficient (Wildman–Crippen LogP) is 1.12. The van der Waals surface area contributed by atoms with Crippen molar-refractivity contribution < 1.29 is 14.7 Å². The van der Waals surface area contributed by atoms with E-state index in [9.17, 15) is 9.59 Å². The Bertz CT molecular complexity index is 254. The Morgan fingerprint density at radius 3 is 2.29 bits per heavy atom. The Morgan fingerprint density at radius 2 is 1.88 bits per heavy atom. The van der Waals surface area contributed by atoms with Gasteiger partial charge in [0.2, 0.25) is 5.91 Å². The molecule has 0 fully saturated rings. The second-order valence-corrected chi connectivity index (χ2v) is 4.62. The van der Waals surface area contributed by atoms with Crippen LogP contribution in [-0.4, -0.2) is 29.1 Å². The first-order valence-electron chi connectivity index (χ1n) is 6.17. The Morgan fingerprint density at radius 1 is 1.29 bits per heavy atom. The van der Waals surface area contributed by atoms with E-state index in [-0.39, 0.29) is 17.9 Å². The molecule has 3 unspecified atom stereocenters. The Hall–Kier alpha value is -1.10. The lowest BCUT2D eigenvalue weighted by Gasteiger charge is -2.16. The number of nitrogens with two attached hydrogens (primary N) is 1. The molecule has 0 radical (unpaired) electrons. The van der Waals surface area contributed by atoms with E-state index in [0.29, 0.717) is 6.42 Å². The van der Waals surface area contributed by atoms with Crippen molar-refractivity contribution in [1.29, 1.82) is 0 Å². The fraction of sp³-hybridized carbons (Fsp3) is 0.833. The fourth-order valence-electron chi connectivity index (χ4n) is 1.53. The first-order chi connectivity index (χ1) is 7.88. The van der Waals surface area contributed by atoms with Crippen LogP contribution in [-0.2, 0) is 9.59 Å². The van der Waals surface area contributed by atoms with E-state index in [2.05, 4.69) is 5.32 Å². The molecule has 4 N–H and O–H groups in total. The van der Waals surface area contributed by atoms with Crippen LogP contribution >= 0.6 is 0 Å². The number of carboxylic acid groups (broad SMARTS) is 1. The summed E-state index contributed by atoms with van der Waals surface area (Å²) in [6.45, 7) is 5.48. The summed E-state index contributed by atoms with van der Waals surface area (Å²) in [5.74, 6) is -1.34. The monoisotopic (exact) mass is 244 g/mol. The van der Waals surface area contributed by atoms with Crippen molar-refractivity contribution in [2.24, 2.45) is 11.7 Å². The highest BCUT2D eigenvalue weighted by Crippen LogP contribution is 2.09. The van der Waals surface area contributed by atoms with Crippen LogP contribution in [0.2, 0.25) is 0 Å². The number of hydrogen-bond donors (Lipinski definition) is 3. The van der Waals surface area contributed by atoms with Gasteiger partial charge in [-0.15, -0.1) is 0 Å². The predicted molar refractivity (Wildman–Crippen MR) is 66.5 cm³/mol. The largest absolute Gasteiger partial charge is 0.480 e. The number of rotatable bonds is 8. The highest BCUT2D eigenvalue weighted by atomic mass is 16.4. The smallest absolute Gasteiger partial charge is 0.326 e. The van der Waals surface area contributed by atoms with Gasteiger partial charge in [-0.25, -0.2) is 4.79 Å². The molecule has 0 aliphatic rings. The molecule has 0 aromatic carbocycles. The van der Waals surface area contributed by atoms with Gasteiger partial charge >= 0.3 is 5.97 Å². The maximum atomic E-state index is 11.7. The first kappa shape index (κ1) is 15.9. The van der Waals surface area contributed by atoms with Crippen LogP contribution < -0.4 is 11.1 Å². The summed E-state index contributed by atoms with van der Waals surface area (Å²) >= 11 is 0. The van der Waals surface area contributed by atoms with E-state index >= 15 is 0 Å². The van der Waals surface area contributed by atoms with Gasteiger partial charge < -0.3 is 16.2 Å². The molecule has 1 amide bonds. The third-order valence-corrected chi connectivity index (χ3v) is 2.77. The number of carbonyl (C=O) groups is 2. The molecule has 0 heterocycles. The zero-order chi connectivity index (χ0) is 13.4. The highest BCUT2D eigenvalue weighted by Gasteiger charge is 2.20. The molecular weight excluding hydrogens is 220 g/mol. The topological polar surface area (TPSA) is 92.4 Å². The summed E-state index contributed by atoms with van der Waals surface area (Å²) in [7, 11) is 0. The van der Waals surface area contributed by atoms with Crippen LogP contribution in [0.3, 0.4) is 0 Å². The van der Waals surface area contributed by atoms with Gasteiger partial charge in [-0.3, -0.25) is 4.79 Å². The number of amides is 1. The molecule has 0 saturated heterocycles. The molecule has 0 aromatic heterocycles. The van der Waals surface area contributed by atoms with Crippen molar-refractivity contribution in [3.05, 3.63) is 0 Å². The molecule has 3 atom stereocenters. The number of carboxylic acids is 1. The van der Waals surface area contributed by atoms with E-state index in [1.165, 1.54) is 0 Å². The van der Waals surface area contributed by atoms with Crippen LogP contribution in [0.1, 0.15) is 46.5 Å². The van der Waals surface area contributed by atoms with E-state index in [1.54, 1.807) is 6.92 Å². The lowest BCUT2D eigenvalue weighted by atomic mass is 10.0. The minimum atomic E-state index is -0.983. The van der Waals surface area contributed by atoms with Gasteiger partial charge in [-0.1, -0.05) is 20.3 Å². The molecular formula is C12H24N2O3. The van der Waals surface area contributed by atoms with Gasteiger partial charge in [0.25, 0.3) is 0 Å². The third-order valence-electron chi connectivity index (χ3n) is 2.77. The van der Waals surface area contributed by atoms with Crippen molar-refractivity contribution in [2.45, 2.75) is 58.5 Å². The van der Waals surface area contributed by atoms with E-state index in [4.69, 9.17) is 10.8 Å². The minimum Gasteiger partial charge on any atom is -0.480 e. The van der Waals surface area contributed by atoms with Crippen LogP contribution in [0.25, 0.3) is 0 Å². The summed E-state index contributed by atoms with van der Waals surface area (Å²) in [4.78, 5) is 22.4. The number of hydrogen-bond acceptors (Lipinski definition) is 3. The van der Waals surface area contributed by atoms with Gasteiger partial charge in [0.05, 0.1) is 0 Å². The van der Waals surface area contributed by atoms with Crippen LogP contribution in [0.4, 0.5) is 0 Å². The molecule has 0 aromatic rings. The number of carbonyl (C=O) groups excluding carboxylic acids is 1. The lowest BCUT2D eigenvalue weighted by molar-refractivity contribution is -0.142. The molecule has 0 saturated carbocycles. The Kier molecular flexibility index (Phi) is 7.54. The summed E-state index contributed by atoms with van der Waals surface area (Å²) in [5, 5.41) is 11.4. The average Bonchev–Trinajstić information content (AvgIpc) is 2.24. The fourth-order valence-corrected chi connectivity index (χ4v) is 1.53. The average molecular weight is 244 g/mol. The molecule has 5 heteroatoms. The van der Waals surface area contributed by atoms with Crippen molar-refractivity contribution >= 4 is 11.9 Å². The zero-order valence-corrected chi connectivity index (χ0v) is 10.9. The van der Waals surface area contributed by atoms with Crippen LogP contribution in [0, 0.1) is 5.92 Å². The molecule has 0 aliphatic heterocycles.